The van der Waals surface area contributed by atoms with Gasteiger partial charge in [-0.25, -0.2) is 0 Å². The van der Waals surface area contributed by atoms with E-state index in [1.54, 1.807) is 0 Å². The molecule has 0 N–H and O–H groups in total. The number of unbranched alkanes of at least 4 members (excludes halogenated alkanes) is 1. The molecule has 0 aliphatic heterocycles. The number of rotatable bonds is 11. The summed E-state index contributed by atoms with van der Waals surface area (Å²) in [5, 5.41) is 0. The summed E-state index contributed by atoms with van der Waals surface area (Å²) in [6.07, 6.45) is 5.60. The van der Waals surface area contributed by atoms with E-state index in [1.165, 1.54) is 112 Å². The molecule has 0 amide bonds. The molecule has 0 bridgehead atoms. The first-order valence-corrected chi connectivity index (χ1v) is 22.2. The van der Waals surface area contributed by atoms with Gasteiger partial charge >= 0.3 is 0 Å². The maximum Gasteiger partial charge on any atom is 0.0520 e. The van der Waals surface area contributed by atoms with Crippen LogP contribution in [0.5, 0.6) is 0 Å². The van der Waals surface area contributed by atoms with E-state index in [0.717, 1.165) is 19.3 Å². The van der Waals surface area contributed by atoms with Crippen molar-refractivity contribution in [2.45, 2.75) is 119 Å². The van der Waals surface area contributed by atoms with Crippen molar-refractivity contribution < 1.29 is 0 Å². The minimum atomic E-state index is -0.169. The number of hydrogen-bond acceptors (Lipinski definition) is 2. The van der Waals surface area contributed by atoms with Crippen molar-refractivity contribution in [3.05, 3.63) is 163 Å². The van der Waals surface area contributed by atoms with E-state index in [4.69, 9.17) is 0 Å². The fraction of sp³-hybridized carbons (Fsp3) is 0.333. The molecule has 294 valence electrons. The average molecular weight is 865 g/mol. The molecule has 0 saturated heterocycles. The average Bonchev–Trinajstić information content (AvgIpc) is 3.19. The zero-order valence-electron chi connectivity index (χ0n) is 36.2. The Morgan fingerprint density at radius 3 is 1.19 bits per heavy atom. The smallest absolute Gasteiger partial charge is 0.0520 e. The molecule has 0 unspecified atom stereocenters. The molecule has 0 spiro atoms. The summed E-state index contributed by atoms with van der Waals surface area (Å²) < 4.78 is 1.27. The fourth-order valence-electron chi connectivity index (χ4n) is 9.28. The maximum atomic E-state index is 2.52. The SMILES string of the molecule is CCCCc1cc(C)c(N(c2ccc(CC)cc2)c2ccc3c(c2)C(C)(C)C(C)(C)c2cc(N(c4ccc(CC)cc4)c4c(C)cc(I)cc4C)ccc2-3)c(C)c1. The predicted octanol–water partition coefficient (Wildman–Crippen LogP) is 16.2. The summed E-state index contributed by atoms with van der Waals surface area (Å²) in [5.41, 5.74) is 21.8. The molecule has 0 aromatic heterocycles. The Bertz CT molecular complexity index is 2370. The van der Waals surface area contributed by atoms with Gasteiger partial charge in [-0.15, -0.1) is 0 Å². The summed E-state index contributed by atoms with van der Waals surface area (Å²) in [6.45, 7) is 25.7. The standard InChI is InChI=1S/C54H61IN2/c1-12-15-16-41-29-35(4)51(36(5)30-41)56(43-21-17-39(13-2)18-22-43)45-25-27-47-48-28-26-46(34-50(48)54(10,11)53(8,9)49(47)33-45)57(44-23-19-40(14-3)20-24-44)52-37(6)31-42(55)32-38(52)7/h17-34H,12-16H2,1-11H3. The first-order valence-electron chi connectivity index (χ1n) is 21.1. The van der Waals surface area contributed by atoms with Crippen molar-refractivity contribution in [2.24, 2.45) is 0 Å². The second-order valence-electron chi connectivity index (χ2n) is 17.5. The molecular weight excluding hydrogens is 804 g/mol. The van der Waals surface area contributed by atoms with Crippen LogP contribution in [-0.4, -0.2) is 0 Å². The van der Waals surface area contributed by atoms with Gasteiger partial charge < -0.3 is 9.80 Å². The number of halogens is 1. The molecule has 1 aliphatic carbocycles. The van der Waals surface area contributed by atoms with Crippen LogP contribution in [0, 0.1) is 31.3 Å². The first-order chi connectivity index (χ1) is 27.2. The highest BCUT2D eigenvalue weighted by atomic mass is 127. The number of hydrogen-bond donors (Lipinski definition) is 0. The van der Waals surface area contributed by atoms with Gasteiger partial charge in [-0.2, -0.15) is 0 Å². The Balaban J connectivity index is 1.40. The van der Waals surface area contributed by atoms with Crippen molar-refractivity contribution in [3.63, 3.8) is 0 Å². The monoisotopic (exact) mass is 864 g/mol. The largest absolute Gasteiger partial charge is 0.310 e. The van der Waals surface area contributed by atoms with Crippen LogP contribution in [0.4, 0.5) is 34.1 Å². The lowest BCUT2D eigenvalue weighted by molar-refractivity contribution is 0.299. The Labute approximate surface area is 357 Å². The molecular formula is C54H61IN2. The molecule has 0 heterocycles. The highest BCUT2D eigenvalue weighted by Gasteiger charge is 2.46. The van der Waals surface area contributed by atoms with Crippen LogP contribution < -0.4 is 9.80 Å². The highest BCUT2D eigenvalue weighted by molar-refractivity contribution is 14.1. The van der Waals surface area contributed by atoms with Gasteiger partial charge in [-0.1, -0.05) is 103 Å². The van der Waals surface area contributed by atoms with Crippen LogP contribution in [0.3, 0.4) is 0 Å². The third kappa shape index (κ3) is 7.46. The van der Waals surface area contributed by atoms with E-state index >= 15 is 0 Å². The van der Waals surface area contributed by atoms with Crippen LogP contribution >= 0.6 is 22.6 Å². The highest BCUT2D eigenvalue weighted by Crippen LogP contribution is 2.56. The number of nitrogens with zero attached hydrogens (tertiary/aromatic N) is 2. The number of aryl methyl sites for hydroxylation is 7. The molecule has 57 heavy (non-hydrogen) atoms. The molecule has 6 aromatic carbocycles. The zero-order valence-corrected chi connectivity index (χ0v) is 38.4. The summed E-state index contributed by atoms with van der Waals surface area (Å²) in [7, 11) is 0. The Hall–Kier alpha value is -4.35. The third-order valence-corrected chi connectivity index (χ3v) is 13.8. The molecule has 7 rings (SSSR count). The minimum Gasteiger partial charge on any atom is -0.310 e. The van der Waals surface area contributed by atoms with Crippen LogP contribution in [0.1, 0.15) is 111 Å². The van der Waals surface area contributed by atoms with Crippen molar-refractivity contribution >= 4 is 56.7 Å². The zero-order chi connectivity index (χ0) is 40.8. The van der Waals surface area contributed by atoms with E-state index < -0.39 is 0 Å². The molecule has 1 aliphatic rings. The van der Waals surface area contributed by atoms with Gasteiger partial charge in [0.05, 0.1) is 11.4 Å². The topological polar surface area (TPSA) is 6.48 Å². The molecule has 0 radical (unpaired) electrons. The van der Waals surface area contributed by atoms with E-state index in [1.807, 2.05) is 0 Å². The van der Waals surface area contributed by atoms with Gasteiger partial charge in [-0.3, -0.25) is 0 Å². The van der Waals surface area contributed by atoms with Gasteiger partial charge in [0.15, 0.2) is 0 Å². The molecule has 0 fully saturated rings. The lowest BCUT2D eigenvalue weighted by Crippen LogP contribution is -2.43. The van der Waals surface area contributed by atoms with Gasteiger partial charge in [0.2, 0.25) is 0 Å². The summed E-state index contributed by atoms with van der Waals surface area (Å²) >= 11 is 2.45. The third-order valence-electron chi connectivity index (χ3n) is 13.2. The Morgan fingerprint density at radius 1 is 0.456 bits per heavy atom. The Morgan fingerprint density at radius 2 is 0.825 bits per heavy atom. The van der Waals surface area contributed by atoms with E-state index in [0.29, 0.717) is 0 Å². The molecule has 2 nitrogen and oxygen atoms in total. The van der Waals surface area contributed by atoms with Gasteiger partial charge in [0.1, 0.15) is 0 Å². The lowest BCUT2D eigenvalue weighted by atomic mass is 9.55. The van der Waals surface area contributed by atoms with Gasteiger partial charge in [0.25, 0.3) is 0 Å². The van der Waals surface area contributed by atoms with Crippen LogP contribution in [0.2, 0.25) is 0 Å². The summed E-state index contributed by atoms with van der Waals surface area (Å²) in [5.74, 6) is 0. The molecule has 3 heteroatoms. The lowest BCUT2D eigenvalue weighted by Gasteiger charge is -2.49. The summed E-state index contributed by atoms with van der Waals surface area (Å²) in [6, 6.07) is 42.3. The fourth-order valence-corrected chi connectivity index (χ4v) is 10.2. The summed E-state index contributed by atoms with van der Waals surface area (Å²) in [4.78, 5) is 5.01. The van der Waals surface area contributed by atoms with Gasteiger partial charge in [-0.05, 0) is 209 Å². The van der Waals surface area contributed by atoms with Gasteiger partial charge in [0, 0.05) is 26.3 Å². The number of fused-ring (bicyclic) bond motifs is 3. The Kier molecular flexibility index (Phi) is 11.6. The predicted molar refractivity (Wildman–Crippen MR) is 256 cm³/mol. The van der Waals surface area contributed by atoms with Crippen LogP contribution in [0.25, 0.3) is 11.1 Å². The minimum absolute atomic E-state index is 0.168. The second-order valence-corrected chi connectivity index (χ2v) is 18.7. The van der Waals surface area contributed by atoms with Crippen molar-refractivity contribution in [3.8, 4) is 11.1 Å². The van der Waals surface area contributed by atoms with Crippen molar-refractivity contribution in [1.82, 2.24) is 0 Å². The van der Waals surface area contributed by atoms with Crippen molar-refractivity contribution in [2.75, 3.05) is 9.80 Å². The quantitative estimate of drug-likeness (QED) is 0.120. The number of anilines is 6. The maximum absolute atomic E-state index is 2.52. The molecule has 0 atom stereocenters. The van der Waals surface area contributed by atoms with Crippen LogP contribution in [-0.2, 0) is 30.1 Å². The normalized spacial score (nSPS) is 13.9. The van der Waals surface area contributed by atoms with Crippen LogP contribution in [0.15, 0.2) is 109 Å². The second kappa shape index (κ2) is 16.1. The number of benzene rings is 6. The molecule has 0 saturated carbocycles. The van der Waals surface area contributed by atoms with E-state index in [9.17, 15) is 0 Å². The van der Waals surface area contributed by atoms with E-state index in [-0.39, 0.29) is 10.8 Å². The molecule has 6 aromatic rings. The first kappa shape index (κ1) is 40.8. The van der Waals surface area contributed by atoms with Crippen molar-refractivity contribution in [1.29, 1.82) is 0 Å². The van der Waals surface area contributed by atoms with E-state index in [2.05, 4.69) is 218 Å².